The molecule has 0 unspecified atom stereocenters. The van der Waals surface area contributed by atoms with Crippen molar-refractivity contribution in [2.45, 2.75) is 32.2 Å². The first-order valence-corrected chi connectivity index (χ1v) is 7.21. The van der Waals surface area contributed by atoms with Crippen molar-refractivity contribution in [2.24, 2.45) is 5.92 Å². The van der Waals surface area contributed by atoms with Crippen LogP contribution in [0.4, 0.5) is 0 Å². The van der Waals surface area contributed by atoms with E-state index in [1.54, 1.807) is 24.3 Å². The second-order valence-electron chi connectivity index (χ2n) is 5.49. The monoisotopic (exact) mass is 305 g/mol. The van der Waals surface area contributed by atoms with Crippen LogP contribution in [0.1, 0.15) is 36.5 Å². The third kappa shape index (κ3) is 4.31. The lowest BCUT2D eigenvalue weighted by Gasteiger charge is -2.13. The maximum absolute atomic E-state index is 11.8. The van der Waals surface area contributed by atoms with Crippen LogP contribution < -0.4 is 10.1 Å². The summed E-state index contributed by atoms with van der Waals surface area (Å²) in [6, 6.07) is 6.53. The first-order valence-electron chi connectivity index (χ1n) is 7.21. The van der Waals surface area contributed by atoms with Gasteiger partial charge in [-0.25, -0.2) is 0 Å². The number of carbonyl (C=O) groups excluding carboxylic acids is 2. The summed E-state index contributed by atoms with van der Waals surface area (Å²) in [5, 5.41) is 11.7. The Morgan fingerprint density at radius 2 is 2.09 bits per heavy atom. The van der Waals surface area contributed by atoms with Gasteiger partial charge in [-0.15, -0.1) is 0 Å². The number of carboxylic acids is 1. The number of ketones is 1. The van der Waals surface area contributed by atoms with Crippen molar-refractivity contribution in [1.29, 1.82) is 0 Å². The van der Waals surface area contributed by atoms with Gasteiger partial charge in [0.1, 0.15) is 5.75 Å². The normalized spacial score (nSPS) is 20.4. The Morgan fingerprint density at radius 1 is 1.32 bits per heavy atom. The number of amides is 1. The highest BCUT2D eigenvalue weighted by atomic mass is 16.5. The Hall–Kier alpha value is -2.37. The Balaban J connectivity index is 1.80. The second-order valence-corrected chi connectivity index (χ2v) is 5.49. The molecule has 0 radical (unpaired) electrons. The molecular weight excluding hydrogens is 286 g/mol. The first-order chi connectivity index (χ1) is 10.5. The Kier molecular flexibility index (Phi) is 5.14. The van der Waals surface area contributed by atoms with Crippen LogP contribution in [0.5, 0.6) is 5.75 Å². The number of carboxylic acid groups (broad SMARTS) is 1. The summed E-state index contributed by atoms with van der Waals surface area (Å²) in [5.74, 6) is -1.09. The SMILES string of the molecule is CC(=O)c1cccc(OCC(=O)N[C@@H]2CC[C@H](C(=O)O)C2)c1. The minimum atomic E-state index is -0.811. The first kappa shape index (κ1) is 16.0. The van der Waals surface area contributed by atoms with Gasteiger partial charge in [-0.05, 0) is 38.3 Å². The molecule has 0 heterocycles. The van der Waals surface area contributed by atoms with E-state index >= 15 is 0 Å². The highest BCUT2D eigenvalue weighted by Crippen LogP contribution is 2.25. The molecule has 0 aromatic heterocycles. The number of nitrogens with one attached hydrogen (secondary N) is 1. The van der Waals surface area contributed by atoms with Crippen LogP contribution in [0.2, 0.25) is 0 Å². The molecule has 1 aromatic rings. The molecule has 1 aliphatic rings. The van der Waals surface area contributed by atoms with E-state index in [1.165, 1.54) is 6.92 Å². The van der Waals surface area contributed by atoms with E-state index in [4.69, 9.17) is 9.84 Å². The van der Waals surface area contributed by atoms with Gasteiger partial charge in [-0.2, -0.15) is 0 Å². The summed E-state index contributed by atoms with van der Waals surface area (Å²) in [6.07, 6.45) is 1.71. The molecule has 6 nitrogen and oxygen atoms in total. The zero-order valence-corrected chi connectivity index (χ0v) is 12.4. The van der Waals surface area contributed by atoms with Gasteiger partial charge >= 0.3 is 5.97 Å². The quantitative estimate of drug-likeness (QED) is 0.779. The van der Waals surface area contributed by atoms with Crippen molar-refractivity contribution in [3.8, 4) is 5.75 Å². The molecule has 1 aromatic carbocycles. The minimum Gasteiger partial charge on any atom is -0.484 e. The zero-order valence-electron chi connectivity index (χ0n) is 12.4. The van der Waals surface area contributed by atoms with E-state index < -0.39 is 5.97 Å². The molecule has 2 rings (SSSR count). The number of carbonyl (C=O) groups is 3. The zero-order chi connectivity index (χ0) is 16.1. The molecule has 2 N–H and O–H groups in total. The third-order valence-corrected chi connectivity index (χ3v) is 3.76. The lowest BCUT2D eigenvalue weighted by Crippen LogP contribution is -2.36. The number of aliphatic carboxylic acids is 1. The van der Waals surface area contributed by atoms with Crippen LogP contribution in [-0.4, -0.2) is 35.4 Å². The maximum atomic E-state index is 11.8. The van der Waals surface area contributed by atoms with Crippen LogP contribution in [0, 0.1) is 5.92 Å². The Morgan fingerprint density at radius 3 is 2.73 bits per heavy atom. The molecule has 6 heteroatoms. The summed E-state index contributed by atoms with van der Waals surface area (Å²) in [6.45, 7) is 1.31. The van der Waals surface area contributed by atoms with Crippen molar-refractivity contribution in [3.05, 3.63) is 29.8 Å². The van der Waals surface area contributed by atoms with Crippen molar-refractivity contribution in [2.75, 3.05) is 6.61 Å². The van der Waals surface area contributed by atoms with Gasteiger partial charge in [0.25, 0.3) is 5.91 Å². The van der Waals surface area contributed by atoms with Gasteiger partial charge in [-0.1, -0.05) is 12.1 Å². The summed E-state index contributed by atoms with van der Waals surface area (Å²) in [4.78, 5) is 34.0. The van der Waals surface area contributed by atoms with Crippen LogP contribution in [0.25, 0.3) is 0 Å². The van der Waals surface area contributed by atoms with Gasteiger partial charge in [-0.3, -0.25) is 14.4 Å². The van der Waals surface area contributed by atoms with E-state index in [0.29, 0.717) is 30.6 Å². The third-order valence-electron chi connectivity index (χ3n) is 3.76. The number of hydrogen-bond donors (Lipinski definition) is 2. The summed E-state index contributed by atoms with van der Waals surface area (Å²) in [7, 11) is 0. The molecule has 0 saturated heterocycles. The van der Waals surface area contributed by atoms with Gasteiger partial charge in [0.15, 0.2) is 12.4 Å². The predicted molar refractivity (Wildman–Crippen MR) is 78.8 cm³/mol. The minimum absolute atomic E-state index is 0.0689. The fraction of sp³-hybridized carbons (Fsp3) is 0.438. The summed E-state index contributed by atoms with van der Waals surface area (Å²) >= 11 is 0. The summed E-state index contributed by atoms with van der Waals surface area (Å²) in [5.41, 5.74) is 0.526. The number of hydrogen-bond acceptors (Lipinski definition) is 4. The highest BCUT2D eigenvalue weighted by Gasteiger charge is 2.30. The average Bonchev–Trinajstić information content (AvgIpc) is 2.94. The van der Waals surface area contributed by atoms with Crippen LogP contribution in [0.3, 0.4) is 0 Å². The molecule has 1 fully saturated rings. The van der Waals surface area contributed by atoms with E-state index in [0.717, 1.165) is 0 Å². The topological polar surface area (TPSA) is 92.7 Å². The predicted octanol–water partition coefficient (Wildman–Crippen LogP) is 1.64. The Labute approximate surface area is 128 Å². The molecule has 1 saturated carbocycles. The highest BCUT2D eigenvalue weighted by molar-refractivity contribution is 5.94. The number of rotatable bonds is 6. The lowest BCUT2D eigenvalue weighted by atomic mass is 10.1. The molecule has 0 aliphatic heterocycles. The van der Waals surface area contributed by atoms with Crippen LogP contribution in [-0.2, 0) is 9.59 Å². The van der Waals surface area contributed by atoms with E-state index in [-0.39, 0.29) is 30.3 Å². The van der Waals surface area contributed by atoms with E-state index in [1.807, 2.05) is 0 Å². The van der Waals surface area contributed by atoms with Gasteiger partial charge in [0.05, 0.1) is 5.92 Å². The van der Waals surface area contributed by atoms with Crippen LogP contribution >= 0.6 is 0 Å². The fourth-order valence-electron chi connectivity index (χ4n) is 2.56. The van der Waals surface area contributed by atoms with Gasteiger partial charge in [0.2, 0.25) is 0 Å². The molecule has 2 atom stereocenters. The van der Waals surface area contributed by atoms with Gasteiger partial charge in [0, 0.05) is 11.6 Å². The van der Waals surface area contributed by atoms with Crippen molar-refractivity contribution in [3.63, 3.8) is 0 Å². The van der Waals surface area contributed by atoms with Crippen molar-refractivity contribution < 1.29 is 24.2 Å². The average molecular weight is 305 g/mol. The maximum Gasteiger partial charge on any atom is 0.306 e. The van der Waals surface area contributed by atoms with Crippen molar-refractivity contribution >= 4 is 17.7 Å². The molecule has 1 amide bonds. The smallest absolute Gasteiger partial charge is 0.306 e. The standard InChI is InChI=1S/C16H19NO5/c1-10(18)11-3-2-4-14(8-11)22-9-15(19)17-13-6-5-12(7-13)16(20)21/h2-4,8,12-13H,5-7,9H2,1H3,(H,17,19)(H,20,21)/t12-,13+/m0/s1. The largest absolute Gasteiger partial charge is 0.484 e. The van der Waals surface area contributed by atoms with E-state index in [9.17, 15) is 14.4 Å². The number of Topliss-reactive ketones (excluding diaryl/α,β-unsaturated/α-hetero) is 1. The molecule has 22 heavy (non-hydrogen) atoms. The molecule has 118 valence electrons. The summed E-state index contributed by atoms with van der Waals surface area (Å²) < 4.78 is 5.36. The number of benzene rings is 1. The van der Waals surface area contributed by atoms with Gasteiger partial charge < -0.3 is 15.2 Å². The molecule has 1 aliphatic carbocycles. The second kappa shape index (κ2) is 7.06. The lowest BCUT2D eigenvalue weighted by molar-refractivity contribution is -0.141. The molecule has 0 spiro atoms. The Bertz CT molecular complexity index is 584. The van der Waals surface area contributed by atoms with Crippen LogP contribution in [0.15, 0.2) is 24.3 Å². The van der Waals surface area contributed by atoms with Crippen molar-refractivity contribution in [1.82, 2.24) is 5.32 Å². The van der Waals surface area contributed by atoms with E-state index in [2.05, 4.69) is 5.32 Å². The fourth-order valence-corrected chi connectivity index (χ4v) is 2.56. The molecule has 0 bridgehead atoms. The number of ether oxygens (including phenoxy) is 1. The molecular formula is C16H19NO5.